The topological polar surface area (TPSA) is 59.7 Å². The van der Waals surface area contributed by atoms with E-state index < -0.39 is 0 Å². The Morgan fingerprint density at radius 1 is 1.29 bits per heavy atom. The number of morpholine rings is 1. The van der Waals surface area contributed by atoms with Crippen molar-refractivity contribution in [2.24, 2.45) is 5.92 Å². The molecule has 110 valence electrons. The van der Waals surface area contributed by atoms with Crippen molar-refractivity contribution in [2.75, 3.05) is 20.3 Å². The quantitative estimate of drug-likeness (QED) is 0.771. The molecular formula is C15H18N4O2. The van der Waals surface area contributed by atoms with Crippen LogP contribution >= 0.6 is 0 Å². The highest BCUT2D eigenvalue weighted by molar-refractivity contribution is 5.97. The van der Waals surface area contributed by atoms with E-state index in [4.69, 9.17) is 4.74 Å². The van der Waals surface area contributed by atoms with Gasteiger partial charge in [-0.1, -0.05) is 0 Å². The number of carbonyl (C=O) groups is 1. The normalized spacial score (nSPS) is 29.7. The number of imidazole rings is 1. The second kappa shape index (κ2) is 4.89. The number of hydrogen-bond donors (Lipinski definition) is 0. The van der Waals surface area contributed by atoms with Gasteiger partial charge in [0.05, 0.1) is 25.6 Å². The lowest BCUT2D eigenvalue weighted by Crippen LogP contribution is -2.55. The third kappa shape index (κ3) is 2.06. The van der Waals surface area contributed by atoms with E-state index >= 15 is 0 Å². The van der Waals surface area contributed by atoms with Crippen molar-refractivity contribution in [3.05, 3.63) is 30.5 Å². The Balaban J connectivity index is 1.63. The molecule has 2 aliphatic heterocycles. The first kappa shape index (κ1) is 12.9. The first-order valence-electron chi connectivity index (χ1n) is 7.35. The third-order valence-electron chi connectivity index (χ3n) is 4.83. The number of piperidine rings is 1. The van der Waals surface area contributed by atoms with Crippen LogP contribution in [0.3, 0.4) is 0 Å². The van der Waals surface area contributed by atoms with Gasteiger partial charge in [0.2, 0.25) is 0 Å². The van der Waals surface area contributed by atoms with Crippen molar-refractivity contribution in [1.82, 2.24) is 19.3 Å². The zero-order valence-electron chi connectivity index (χ0n) is 12.0. The minimum atomic E-state index is 0.0631. The number of aromatic nitrogens is 3. The Hall–Kier alpha value is -1.79. The molecule has 2 unspecified atom stereocenters. The lowest BCUT2D eigenvalue weighted by molar-refractivity contribution is -0.0703. The van der Waals surface area contributed by atoms with Crippen molar-refractivity contribution in [1.29, 1.82) is 0 Å². The summed E-state index contributed by atoms with van der Waals surface area (Å²) in [5.74, 6) is 0.256. The largest absolute Gasteiger partial charge is 0.378 e. The second-order valence-corrected chi connectivity index (χ2v) is 5.99. The lowest BCUT2D eigenvalue weighted by atomic mass is 9.82. The van der Waals surface area contributed by atoms with E-state index in [1.807, 2.05) is 4.40 Å². The van der Waals surface area contributed by atoms with Gasteiger partial charge in [-0.3, -0.25) is 19.1 Å². The number of hydrogen-bond acceptors (Lipinski definition) is 5. The average Bonchev–Trinajstić information content (AvgIpc) is 2.90. The molecule has 0 saturated carbocycles. The van der Waals surface area contributed by atoms with E-state index in [0.717, 1.165) is 31.7 Å². The Kier molecular flexibility index (Phi) is 3.01. The Morgan fingerprint density at radius 2 is 2.05 bits per heavy atom. The zero-order chi connectivity index (χ0) is 14.4. The number of fused-ring (bicyclic) bond motifs is 3. The van der Waals surface area contributed by atoms with Crippen LogP contribution in [0.1, 0.15) is 23.3 Å². The van der Waals surface area contributed by atoms with Gasteiger partial charge in [0.1, 0.15) is 5.69 Å². The van der Waals surface area contributed by atoms with Gasteiger partial charge in [-0.2, -0.15) is 0 Å². The summed E-state index contributed by atoms with van der Waals surface area (Å²) >= 11 is 0. The van der Waals surface area contributed by atoms with Gasteiger partial charge in [-0.25, -0.2) is 4.98 Å². The molecule has 0 aromatic carbocycles. The summed E-state index contributed by atoms with van der Waals surface area (Å²) in [6.07, 6.45) is 8.56. The van der Waals surface area contributed by atoms with Crippen LogP contribution in [0.4, 0.5) is 0 Å². The van der Waals surface area contributed by atoms with Gasteiger partial charge in [0.15, 0.2) is 11.4 Å². The fourth-order valence-electron chi connectivity index (χ4n) is 3.54. The molecule has 2 atom stereocenters. The van der Waals surface area contributed by atoms with Crippen molar-refractivity contribution in [3.8, 4) is 0 Å². The molecule has 4 rings (SSSR count). The SMILES string of the molecule is CN1C2COCC1CC(C(=O)c1cnc3cnccn13)C2. The van der Waals surface area contributed by atoms with Gasteiger partial charge < -0.3 is 4.74 Å². The van der Waals surface area contributed by atoms with Gasteiger partial charge >= 0.3 is 0 Å². The van der Waals surface area contributed by atoms with Gasteiger partial charge in [-0.15, -0.1) is 0 Å². The van der Waals surface area contributed by atoms with Crippen LogP contribution in [0.2, 0.25) is 0 Å². The van der Waals surface area contributed by atoms with E-state index in [0.29, 0.717) is 17.8 Å². The zero-order valence-corrected chi connectivity index (χ0v) is 12.0. The van der Waals surface area contributed by atoms with E-state index in [9.17, 15) is 4.79 Å². The molecule has 2 aliphatic rings. The smallest absolute Gasteiger partial charge is 0.184 e. The van der Waals surface area contributed by atoms with Crippen molar-refractivity contribution in [3.63, 3.8) is 0 Å². The van der Waals surface area contributed by atoms with Crippen LogP contribution in [-0.4, -0.2) is 57.4 Å². The highest BCUT2D eigenvalue weighted by Gasteiger charge is 2.40. The summed E-state index contributed by atoms with van der Waals surface area (Å²) in [6.45, 7) is 1.46. The van der Waals surface area contributed by atoms with E-state index in [1.165, 1.54) is 0 Å². The summed E-state index contributed by atoms with van der Waals surface area (Å²) in [6, 6.07) is 0.708. The van der Waals surface area contributed by atoms with Crippen molar-refractivity contribution >= 4 is 11.4 Å². The molecule has 6 heteroatoms. The van der Waals surface area contributed by atoms with Crippen LogP contribution in [0.25, 0.3) is 5.65 Å². The van der Waals surface area contributed by atoms with Crippen molar-refractivity contribution < 1.29 is 9.53 Å². The fraction of sp³-hybridized carbons (Fsp3) is 0.533. The minimum absolute atomic E-state index is 0.0631. The Labute approximate surface area is 122 Å². The van der Waals surface area contributed by atoms with Crippen LogP contribution in [-0.2, 0) is 4.74 Å². The first-order valence-corrected chi connectivity index (χ1v) is 7.35. The van der Waals surface area contributed by atoms with Crippen LogP contribution in [0.5, 0.6) is 0 Å². The first-order chi connectivity index (χ1) is 10.2. The maximum absolute atomic E-state index is 12.9. The van der Waals surface area contributed by atoms with E-state index in [2.05, 4.69) is 21.9 Å². The van der Waals surface area contributed by atoms with Gasteiger partial charge in [-0.05, 0) is 19.9 Å². The molecule has 0 aliphatic carbocycles. The molecule has 0 N–H and O–H groups in total. The molecule has 0 radical (unpaired) electrons. The molecule has 21 heavy (non-hydrogen) atoms. The number of ether oxygens (including phenoxy) is 1. The number of rotatable bonds is 2. The van der Waals surface area contributed by atoms with Crippen molar-refractivity contribution in [2.45, 2.75) is 24.9 Å². The molecule has 0 spiro atoms. The summed E-state index contributed by atoms with van der Waals surface area (Å²) in [5.41, 5.74) is 1.39. The van der Waals surface area contributed by atoms with Gasteiger partial charge in [0, 0.05) is 30.4 Å². The number of Topliss-reactive ketones (excluding diaryl/α,β-unsaturated/α-hetero) is 1. The average molecular weight is 286 g/mol. The molecule has 6 nitrogen and oxygen atoms in total. The van der Waals surface area contributed by atoms with Gasteiger partial charge in [0.25, 0.3) is 0 Å². The minimum Gasteiger partial charge on any atom is -0.378 e. The molecule has 0 amide bonds. The predicted molar refractivity (Wildman–Crippen MR) is 76.2 cm³/mol. The Bertz CT molecular complexity index is 669. The van der Waals surface area contributed by atoms with Crippen LogP contribution < -0.4 is 0 Å². The number of nitrogens with zero attached hydrogens (tertiary/aromatic N) is 4. The maximum Gasteiger partial charge on any atom is 0.184 e. The summed E-state index contributed by atoms with van der Waals surface area (Å²) in [4.78, 5) is 23.5. The highest BCUT2D eigenvalue weighted by Crippen LogP contribution is 2.32. The van der Waals surface area contributed by atoms with Crippen LogP contribution in [0, 0.1) is 5.92 Å². The monoisotopic (exact) mass is 286 g/mol. The number of carbonyl (C=O) groups excluding carboxylic acids is 1. The fourth-order valence-corrected chi connectivity index (χ4v) is 3.54. The summed E-state index contributed by atoms with van der Waals surface area (Å²) < 4.78 is 7.45. The van der Waals surface area contributed by atoms with Crippen LogP contribution in [0.15, 0.2) is 24.8 Å². The number of likely N-dealkylation sites (N-methyl/N-ethyl adjacent to an activating group) is 1. The number of ketones is 1. The molecular weight excluding hydrogens is 268 g/mol. The highest BCUT2D eigenvalue weighted by atomic mass is 16.5. The Morgan fingerprint density at radius 3 is 2.81 bits per heavy atom. The standard InChI is InChI=1S/C15H18N4O2/c1-18-11-4-10(5-12(18)9-21-8-11)15(20)13-6-17-14-7-16-2-3-19(13)14/h2-3,6-7,10-12H,4-5,8-9H2,1H3. The molecule has 2 aromatic heterocycles. The predicted octanol–water partition coefficient (Wildman–Crippen LogP) is 1.02. The van der Waals surface area contributed by atoms with E-state index in [-0.39, 0.29) is 11.7 Å². The van der Waals surface area contributed by atoms with E-state index in [1.54, 1.807) is 24.8 Å². The third-order valence-corrected chi connectivity index (χ3v) is 4.83. The molecule has 2 aromatic rings. The maximum atomic E-state index is 12.9. The molecule has 2 saturated heterocycles. The second-order valence-electron chi connectivity index (χ2n) is 5.99. The lowest BCUT2D eigenvalue weighted by Gasteiger charge is -2.46. The summed E-state index contributed by atoms with van der Waals surface area (Å²) in [7, 11) is 2.14. The molecule has 2 fully saturated rings. The summed E-state index contributed by atoms with van der Waals surface area (Å²) in [5, 5.41) is 0. The molecule has 4 heterocycles. The molecule has 2 bridgehead atoms.